The highest BCUT2D eigenvalue weighted by Crippen LogP contribution is 2.49. The van der Waals surface area contributed by atoms with Gasteiger partial charge < -0.3 is 14.1 Å². The molecule has 0 saturated carbocycles. The first-order valence-corrected chi connectivity index (χ1v) is 20.9. The van der Waals surface area contributed by atoms with Crippen LogP contribution in [0.5, 0.6) is 0 Å². The van der Waals surface area contributed by atoms with E-state index in [0.717, 1.165) is 18.2 Å². The van der Waals surface area contributed by atoms with Crippen LogP contribution in [0.15, 0.2) is 40.0 Å². The van der Waals surface area contributed by atoms with E-state index in [-0.39, 0.29) is 52.9 Å². The molecule has 1 saturated heterocycles. The maximum Gasteiger partial charge on any atom is 0.417 e. The van der Waals surface area contributed by atoms with Gasteiger partial charge in [-0.3, -0.25) is 9.47 Å². The number of piperazine rings is 1. The first-order chi connectivity index (χ1) is 23.0. The van der Waals surface area contributed by atoms with Crippen molar-refractivity contribution in [3.8, 4) is 11.1 Å². The Morgan fingerprint density at radius 2 is 1.60 bits per heavy atom. The molecule has 2 aromatic carbocycles. The predicted octanol–water partition coefficient (Wildman–Crippen LogP) is 8.80. The van der Waals surface area contributed by atoms with E-state index in [1.54, 1.807) is 30.6 Å². The largest absolute Gasteiger partial charge is 0.444 e. The minimum atomic E-state index is -4.78. The average molecular weight is 737 g/mol. The molecule has 1 unspecified atom stereocenters. The van der Waals surface area contributed by atoms with E-state index in [1.807, 2.05) is 13.8 Å². The molecule has 1 amide bonds. The van der Waals surface area contributed by atoms with E-state index in [9.17, 15) is 14.0 Å². The van der Waals surface area contributed by atoms with Crippen LogP contribution in [-0.4, -0.2) is 72.0 Å². The van der Waals surface area contributed by atoms with Crippen molar-refractivity contribution in [3.63, 3.8) is 0 Å². The zero-order chi connectivity index (χ0) is 37.1. The first-order valence-electron chi connectivity index (χ1n) is 17.0. The topological polar surface area (TPSA) is 76.9 Å². The van der Waals surface area contributed by atoms with E-state index in [0.29, 0.717) is 22.8 Å². The van der Waals surface area contributed by atoms with Gasteiger partial charge in [0.25, 0.3) is 0 Å². The van der Waals surface area contributed by atoms with Gasteiger partial charge in [0, 0.05) is 53.8 Å². The third-order valence-electron chi connectivity index (χ3n) is 9.85. The van der Waals surface area contributed by atoms with Gasteiger partial charge in [0.1, 0.15) is 17.2 Å². The molecule has 1 fully saturated rings. The highest BCUT2D eigenvalue weighted by atomic mass is 32.2. The highest BCUT2D eigenvalue weighted by molar-refractivity contribution is 7.99. The summed E-state index contributed by atoms with van der Waals surface area (Å²) < 4.78 is 73.0. The van der Waals surface area contributed by atoms with Crippen molar-refractivity contribution in [3.05, 3.63) is 52.2 Å². The highest BCUT2D eigenvalue weighted by Gasteiger charge is 2.42. The van der Waals surface area contributed by atoms with Gasteiger partial charge in [0.15, 0.2) is 8.32 Å². The number of thioether (sulfide) groups is 1. The number of benzene rings is 2. The number of rotatable bonds is 5. The van der Waals surface area contributed by atoms with Crippen molar-refractivity contribution in [1.29, 1.82) is 0 Å². The van der Waals surface area contributed by atoms with Gasteiger partial charge in [-0.05, 0) is 76.5 Å². The summed E-state index contributed by atoms with van der Waals surface area (Å²) in [6.45, 7) is 20.7. The fourth-order valence-corrected chi connectivity index (χ4v) is 8.82. The Balaban J connectivity index is 1.68. The van der Waals surface area contributed by atoms with E-state index in [2.05, 4.69) is 38.8 Å². The second-order valence-corrected chi connectivity index (χ2v) is 21.9. The van der Waals surface area contributed by atoms with Crippen LogP contribution in [0.4, 0.5) is 28.2 Å². The van der Waals surface area contributed by atoms with Gasteiger partial charge >= 0.3 is 18.0 Å². The van der Waals surface area contributed by atoms with Crippen LogP contribution in [0, 0.1) is 11.7 Å². The van der Waals surface area contributed by atoms with E-state index in [4.69, 9.17) is 9.16 Å². The number of aromatic nitrogens is 2. The molecule has 3 aromatic rings. The SMILES string of the molecule is C[C@@H]1CN(c2nc(=O)n3c4c(c(-c5ccc(F)cc5)c(C(F)(F)F)cc24)SCC(CO[Si](C)(C)C(C)(C)C)C3)C[C@H](C)N1C(=O)OC(C)(C)C. The zero-order valence-electron chi connectivity index (χ0n) is 30.5. The lowest BCUT2D eigenvalue weighted by Crippen LogP contribution is -2.59. The molecule has 5 rings (SSSR count). The predicted molar refractivity (Wildman–Crippen MR) is 193 cm³/mol. The Morgan fingerprint density at radius 3 is 2.14 bits per heavy atom. The molecule has 0 aliphatic carbocycles. The minimum Gasteiger partial charge on any atom is -0.444 e. The van der Waals surface area contributed by atoms with E-state index in [1.165, 1.54) is 28.5 Å². The number of amides is 1. The first kappa shape index (κ1) is 38.1. The zero-order valence-corrected chi connectivity index (χ0v) is 32.3. The van der Waals surface area contributed by atoms with Crippen molar-refractivity contribution in [2.75, 3.05) is 30.3 Å². The van der Waals surface area contributed by atoms with Crippen LogP contribution in [0.25, 0.3) is 22.0 Å². The minimum absolute atomic E-state index is 0.0553. The quantitative estimate of drug-likeness (QED) is 0.192. The summed E-state index contributed by atoms with van der Waals surface area (Å²) in [5.74, 6) is -0.222. The Labute approximate surface area is 296 Å². The van der Waals surface area contributed by atoms with Crippen LogP contribution in [0.3, 0.4) is 0 Å². The van der Waals surface area contributed by atoms with Crippen molar-refractivity contribution in [2.24, 2.45) is 5.92 Å². The van der Waals surface area contributed by atoms with Crippen LogP contribution in [-0.2, 0) is 21.9 Å². The molecule has 2 aliphatic rings. The van der Waals surface area contributed by atoms with Crippen molar-refractivity contribution >= 4 is 42.9 Å². The molecular weight excluding hydrogens is 689 g/mol. The number of halogens is 4. The number of nitrogens with zero attached hydrogens (tertiary/aromatic N) is 4. The van der Waals surface area contributed by atoms with Crippen molar-refractivity contribution in [1.82, 2.24) is 14.5 Å². The number of hydrogen-bond acceptors (Lipinski definition) is 7. The Hall–Kier alpha value is -3.10. The molecule has 0 N–H and O–H groups in total. The Morgan fingerprint density at radius 1 is 1.00 bits per heavy atom. The summed E-state index contributed by atoms with van der Waals surface area (Å²) in [6.07, 6.45) is -5.26. The van der Waals surface area contributed by atoms with Crippen molar-refractivity contribution in [2.45, 2.75) is 109 Å². The molecule has 50 heavy (non-hydrogen) atoms. The molecule has 1 aromatic heterocycles. The number of alkyl halides is 3. The molecule has 3 heterocycles. The fourth-order valence-electron chi connectivity index (χ4n) is 6.40. The lowest BCUT2D eigenvalue weighted by molar-refractivity contribution is -0.137. The standard InChI is InChI=1S/C36H48F4N4O4SSi/c1-21-16-42(17-22(2)44(21)33(46)48-34(3,4)5)31-26-15-27(36(38,39)40)28(24-11-13-25(37)14-12-24)30-29(26)43(32(45)41-31)18-23(20-49-30)19-47-50(9,10)35(6,7)8/h11-15,21-23H,16-20H2,1-10H3/t21-,22+,23?. The summed E-state index contributed by atoms with van der Waals surface area (Å²) in [6, 6.07) is 5.26. The number of carbonyl (C=O) groups excluding carboxylic acids is 1. The van der Waals surface area contributed by atoms with E-state index >= 15 is 13.2 Å². The fraction of sp³-hybridized carbons (Fsp3) is 0.583. The molecule has 0 radical (unpaired) electrons. The number of carbonyl (C=O) groups is 1. The third-order valence-corrected chi connectivity index (χ3v) is 15.7. The molecule has 0 spiro atoms. The Bertz CT molecular complexity index is 1810. The average Bonchev–Trinajstić information content (AvgIpc) is 3.16. The smallest absolute Gasteiger partial charge is 0.417 e. The second-order valence-electron chi connectivity index (χ2n) is 16.1. The maximum absolute atomic E-state index is 15.1. The summed E-state index contributed by atoms with van der Waals surface area (Å²) in [4.78, 5) is 35.4. The Kier molecular flexibility index (Phi) is 10.3. The van der Waals surface area contributed by atoms with Crippen LogP contribution in [0.2, 0.25) is 18.1 Å². The monoisotopic (exact) mass is 736 g/mol. The van der Waals surface area contributed by atoms with Gasteiger partial charge in [-0.2, -0.15) is 18.2 Å². The van der Waals surface area contributed by atoms with E-state index < -0.39 is 55.3 Å². The number of hydrogen-bond donors (Lipinski definition) is 0. The number of ether oxygens (including phenoxy) is 1. The molecule has 2 aliphatic heterocycles. The summed E-state index contributed by atoms with van der Waals surface area (Å²) in [5, 5.41) is 0.140. The van der Waals surface area contributed by atoms with Gasteiger partial charge in [0.05, 0.1) is 23.2 Å². The molecule has 14 heteroatoms. The van der Waals surface area contributed by atoms with Crippen LogP contribution < -0.4 is 10.6 Å². The van der Waals surface area contributed by atoms with Crippen LogP contribution >= 0.6 is 11.8 Å². The lowest BCUT2D eigenvalue weighted by atomic mass is 9.96. The second kappa shape index (κ2) is 13.5. The van der Waals surface area contributed by atoms with Gasteiger partial charge in [-0.25, -0.2) is 14.0 Å². The summed E-state index contributed by atoms with van der Waals surface area (Å²) in [5.41, 5.74) is -1.71. The molecular formula is C36H48F4N4O4SSi. The maximum atomic E-state index is 15.1. The molecule has 8 nitrogen and oxygen atoms in total. The third kappa shape index (κ3) is 7.71. The summed E-state index contributed by atoms with van der Waals surface area (Å²) in [7, 11) is -2.18. The van der Waals surface area contributed by atoms with Crippen LogP contribution in [0.1, 0.15) is 61.0 Å². The molecule has 0 bridgehead atoms. The number of anilines is 1. The van der Waals surface area contributed by atoms with Gasteiger partial charge in [0.2, 0.25) is 0 Å². The van der Waals surface area contributed by atoms with Gasteiger partial charge in [-0.1, -0.05) is 32.9 Å². The van der Waals surface area contributed by atoms with Crippen molar-refractivity contribution < 1.29 is 31.5 Å². The summed E-state index contributed by atoms with van der Waals surface area (Å²) >= 11 is 1.27. The molecule has 3 atom stereocenters. The molecule has 274 valence electrons. The lowest BCUT2D eigenvalue weighted by Gasteiger charge is -2.45. The van der Waals surface area contributed by atoms with Gasteiger partial charge in [-0.15, -0.1) is 11.8 Å². The normalized spacial score (nSPS) is 20.6.